The molecule has 1 aromatic carbocycles. The first kappa shape index (κ1) is 15.7. The van der Waals surface area contributed by atoms with E-state index in [0.29, 0.717) is 11.1 Å². The number of ether oxygens (including phenoxy) is 1. The van der Waals surface area contributed by atoms with Gasteiger partial charge in [-0.1, -0.05) is 22.0 Å². The van der Waals surface area contributed by atoms with Crippen LogP contribution in [0.4, 0.5) is 10.2 Å². The Hall–Kier alpha value is -1.67. The van der Waals surface area contributed by atoms with Gasteiger partial charge < -0.3 is 4.74 Å². The summed E-state index contributed by atoms with van der Waals surface area (Å²) >= 11 is 3.21. The van der Waals surface area contributed by atoms with Crippen LogP contribution < -0.4 is 9.46 Å². The summed E-state index contributed by atoms with van der Waals surface area (Å²) in [6, 6.07) is 8.48. The number of nitrogens with one attached hydrogen (secondary N) is 1. The molecule has 0 spiro atoms. The van der Waals surface area contributed by atoms with E-state index in [0.717, 1.165) is 6.07 Å². The van der Waals surface area contributed by atoms with Crippen LogP contribution in [0.5, 0.6) is 5.75 Å². The van der Waals surface area contributed by atoms with Gasteiger partial charge in [-0.25, -0.2) is 13.4 Å². The van der Waals surface area contributed by atoms with Crippen LogP contribution in [-0.2, 0) is 10.0 Å². The van der Waals surface area contributed by atoms with E-state index in [9.17, 15) is 12.8 Å². The summed E-state index contributed by atoms with van der Waals surface area (Å²) in [6.07, 6.45) is 0. The van der Waals surface area contributed by atoms with Crippen LogP contribution in [0.3, 0.4) is 0 Å². The van der Waals surface area contributed by atoms with Crippen LogP contribution in [0.25, 0.3) is 0 Å². The average molecular weight is 375 g/mol. The first-order valence-corrected chi connectivity index (χ1v) is 8.27. The summed E-state index contributed by atoms with van der Waals surface area (Å²) in [7, 11) is -3.94. The van der Waals surface area contributed by atoms with Crippen molar-refractivity contribution in [2.45, 2.75) is 11.8 Å². The molecule has 0 aliphatic heterocycles. The third-order valence-electron chi connectivity index (χ3n) is 2.45. The van der Waals surface area contributed by atoms with Gasteiger partial charge in [0.05, 0.1) is 6.61 Å². The van der Waals surface area contributed by atoms with Crippen LogP contribution in [-0.4, -0.2) is 20.0 Å². The van der Waals surface area contributed by atoms with Crippen molar-refractivity contribution >= 4 is 31.8 Å². The molecule has 0 bridgehead atoms. The normalized spacial score (nSPS) is 11.2. The first-order chi connectivity index (χ1) is 9.92. The molecule has 1 N–H and O–H groups in total. The number of hydrogen-bond donors (Lipinski definition) is 1. The minimum absolute atomic E-state index is 0.0511. The number of benzene rings is 1. The van der Waals surface area contributed by atoms with Gasteiger partial charge in [-0.15, -0.1) is 0 Å². The Morgan fingerprint density at radius 2 is 2.10 bits per heavy atom. The fourth-order valence-corrected chi connectivity index (χ4v) is 3.31. The van der Waals surface area contributed by atoms with Gasteiger partial charge >= 0.3 is 0 Å². The summed E-state index contributed by atoms with van der Waals surface area (Å²) in [5.74, 6) is -0.656. The summed E-state index contributed by atoms with van der Waals surface area (Å²) in [4.78, 5) is 3.42. The highest BCUT2D eigenvalue weighted by Gasteiger charge is 2.21. The van der Waals surface area contributed by atoms with Crippen LogP contribution in [0.1, 0.15) is 6.92 Å². The van der Waals surface area contributed by atoms with Crippen molar-refractivity contribution in [3.63, 3.8) is 0 Å². The molecule has 21 heavy (non-hydrogen) atoms. The maximum Gasteiger partial charge on any atom is 0.266 e. The van der Waals surface area contributed by atoms with Crippen LogP contribution >= 0.6 is 15.9 Å². The lowest BCUT2D eigenvalue weighted by atomic mass is 10.3. The van der Waals surface area contributed by atoms with Gasteiger partial charge in [0.2, 0.25) is 5.95 Å². The molecule has 1 heterocycles. The third kappa shape index (κ3) is 3.92. The quantitative estimate of drug-likeness (QED) is 0.816. The summed E-state index contributed by atoms with van der Waals surface area (Å²) in [5, 5.41) is 0. The zero-order valence-corrected chi connectivity index (χ0v) is 13.4. The Kier molecular flexibility index (Phi) is 4.79. The number of rotatable bonds is 5. The van der Waals surface area contributed by atoms with Gasteiger partial charge in [0.1, 0.15) is 16.5 Å². The molecule has 0 radical (unpaired) electrons. The molecule has 2 aromatic rings. The molecule has 0 fully saturated rings. The van der Waals surface area contributed by atoms with Crippen molar-refractivity contribution in [2.24, 2.45) is 0 Å². The number of aromatic nitrogens is 1. The highest BCUT2D eigenvalue weighted by Crippen LogP contribution is 2.28. The minimum Gasteiger partial charge on any atom is -0.492 e. The molecule has 112 valence electrons. The zero-order valence-electron chi connectivity index (χ0n) is 11.0. The second-order valence-corrected chi connectivity index (χ2v) is 6.54. The van der Waals surface area contributed by atoms with Gasteiger partial charge in [-0.05, 0) is 37.3 Å². The first-order valence-electron chi connectivity index (χ1n) is 6.00. The lowest BCUT2D eigenvalue weighted by molar-refractivity contribution is 0.331. The number of hydrogen-bond acceptors (Lipinski definition) is 4. The fourth-order valence-electron chi connectivity index (χ4n) is 1.62. The maximum absolute atomic E-state index is 13.0. The highest BCUT2D eigenvalue weighted by molar-refractivity contribution is 9.10. The molecule has 0 atom stereocenters. The Bertz CT molecular complexity index is 753. The molecule has 8 heteroatoms. The van der Waals surface area contributed by atoms with E-state index in [1.54, 1.807) is 19.1 Å². The topological polar surface area (TPSA) is 68.3 Å². The molecule has 0 aliphatic rings. The Labute approximate surface area is 130 Å². The lowest BCUT2D eigenvalue weighted by Crippen LogP contribution is -2.15. The van der Waals surface area contributed by atoms with Crippen molar-refractivity contribution in [2.75, 3.05) is 11.3 Å². The van der Waals surface area contributed by atoms with Crippen molar-refractivity contribution in [3.05, 3.63) is 46.8 Å². The van der Waals surface area contributed by atoms with Gasteiger partial charge in [0.15, 0.2) is 0 Å². The Morgan fingerprint density at radius 3 is 2.76 bits per heavy atom. The van der Waals surface area contributed by atoms with Gasteiger partial charge in [0.25, 0.3) is 10.0 Å². The minimum atomic E-state index is -3.94. The number of anilines is 1. The van der Waals surface area contributed by atoms with Crippen molar-refractivity contribution < 1.29 is 17.5 Å². The molecule has 1 aromatic heterocycles. The van der Waals surface area contributed by atoms with Gasteiger partial charge in [-0.3, -0.25) is 4.72 Å². The SMILES string of the molecule is CCOc1ccc(Br)cc1S(=O)(=O)Nc1cccc(F)n1. The van der Waals surface area contributed by atoms with E-state index in [4.69, 9.17) is 4.74 Å². The monoisotopic (exact) mass is 374 g/mol. The molecule has 0 saturated carbocycles. The second-order valence-electron chi connectivity index (χ2n) is 3.98. The Balaban J connectivity index is 2.41. The molecule has 0 unspecified atom stereocenters. The largest absolute Gasteiger partial charge is 0.492 e. The number of halogens is 2. The van der Waals surface area contributed by atoms with Crippen LogP contribution in [0, 0.1) is 5.95 Å². The van der Waals surface area contributed by atoms with E-state index < -0.39 is 16.0 Å². The van der Waals surface area contributed by atoms with Crippen molar-refractivity contribution in [1.82, 2.24) is 4.98 Å². The van der Waals surface area contributed by atoms with Crippen molar-refractivity contribution in [3.8, 4) is 5.75 Å². The predicted octanol–water partition coefficient (Wildman–Crippen LogP) is 3.18. The number of sulfonamides is 1. The third-order valence-corrected chi connectivity index (χ3v) is 4.32. The molecule has 0 aliphatic carbocycles. The standard InChI is InChI=1S/C13H12BrFN2O3S/c1-2-20-10-7-6-9(14)8-11(10)21(18,19)17-13-5-3-4-12(15)16-13/h3-8H,2H2,1H3,(H,16,17). The molecule has 5 nitrogen and oxygen atoms in total. The maximum atomic E-state index is 13.0. The van der Waals surface area contributed by atoms with Crippen molar-refractivity contribution in [1.29, 1.82) is 0 Å². The van der Waals surface area contributed by atoms with E-state index in [1.807, 2.05) is 0 Å². The second kappa shape index (κ2) is 6.40. The zero-order chi connectivity index (χ0) is 15.5. The van der Waals surface area contributed by atoms with Crippen LogP contribution in [0.15, 0.2) is 45.8 Å². The predicted molar refractivity (Wildman–Crippen MR) is 80.3 cm³/mol. The smallest absolute Gasteiger partial charge is 0.266 e. The van der Waals surface area contributed by atoms with Gasteiger partial charge in [0, 0.05) is 4.47 Å². The van der Waals surface area contributed by atoms with E-state index in [-0.39, 0.29) is 16.5 Å². The summed E-state index contributed by atoms with van der Waals surface area (Å²) in [6.45, 7) is 2.07. The number of nitrogens with zero attached hydrogens (tertiary/aromatic N) is 1. The lowest BCUT2D eigenvalue weighted by Gasteiger charge is -2.12. The molecule has 0 saturated heterocycles. The fraction of sp³-hybridized carbons (Fsp3) is 0.154. The van der Waals surface area contributed by atoms with E-state index in [2.05, 4.69) is 25.6 Å². The number of pyridine rings is 1. The van der Waals surface area contributed by atoms with E-state index in [1.165, 1.54) is 18.2 Å². The van der Waals surface area contributed by atoms with Crippen LogP contribution in [0.2, 0.25) is 0 Å². The summed E-state index contributed by atoms with van der Waals surface area (Å²) < 4.78 is 45.9. The summed E-state index contributed by atoms with van der Waals surface area (Å²) in [5.41, 5.74) is 0. The molecular weight excluding hydrogens is 363 g/mol. The molecular formula is C13H12BrFN2O3S. The highest BCUT2D eigenvalue weighted by atomic mass is 79.9. The Morgan fingerprint density at radius 1 is 1.33 bits per heavy atom. The molecule has 0 amide bonds. The van der Waals surface area contributed by atoms with Gasteiger partial charge in [-0.2, -0.15) is 4.39 Å². The average Bonchev–Trinajstić information content (AvgIpc) is 2.40. The van der Waals surface area contributed by atoms with E-state index >= 15 is 0 Å². The molecule has 2 rings (SSSR count).